The van der Waals surface area contributed by atoms with Crippen LogP contribution in [0, 0.1) is 6.92 Å². The Labute approximate surface area is 132 Å². The van der Waals surface area contributed by atoms with Crippen molar-refractivity contribution < 1.29 is 4.79 Å². The molecule has 1 aromatic rings. The van der Waals surface area contributed by atoms with Gasteiger partial charge in [0.05, 0.1) is 5.69 Å². The lowest BCUT2D eigenvalue weighted by Gasteiger charge is -2.35. The number of nitrogens with two attached hydrogens (primary N) is 1. The van der Waals surface area contributed by atoms with Gasteiger partial charge in [0, 0.05) is 30.5 Å². The number of aryl methyl sites for hydroxylation is 1. The predicted molar refractivity (Wildman–Crippen MR) is 90.8 cm³/mol. The Hall–Kier alpha value is -1.88. The topological polar surface area (TPSA) is 74.5 Å². The number of hydrogen-bond donors (Lipinski definition) is 2. The highest BCUT2D eigenvalue weighted by Crippen LogP contribution is 2.25. The molecule has 0 spiro atoms. The van der Waals surface area contributed by atoms with E-state index in [4.69, 9.17) is 5.73 Å². The summed E-state index contributed by atoms with van der Waals surface area (Å²) < 4.78 is 0. The second kappa shape index (κ2) is 7.40. The molecule has 0 aliphatic heterocycles. The number of nitrogens with one attached hydrogen (secondary N) is 1. The molecular formula is C17H26N4O. The lowest BCUT2D eigenvalue weighted by molar-refractivity contribution is 0.0633. The van der Waals surface area contributed by atoms with Crippen LogP contribution in [0.25, 0.3) is 0 Å². The zero-order valence-corrected chi connectivity index (χ0v) is 13.5. The summed E-state index contributed by atoms with van der Waals surface area (Å²) in [6.07, 6.45) is 7.32. The second-order valence-electron chi connectivity index (χ2n) is 5.88. The van der Waals surface area contributed by atoms with Gasteiger partial charge in [-0.2, -0.15) is 0 Å². The maximum absolute atomic E-state index is 12.8. The number of amides is 1. The normalized spacial score (nSPS) is 22.0. The highest BCUT2D eigenvalue weighted by molar-refractivity contribution is 5.94. The van der Waals surface area contributed by atoms with Gasteiger partial charge in [-0.25, -0.2) is 0 Å². The molecule has 1 saturated carbocycles. The van der Waals surface area contributed by atoms with Crippen molar-refractivity contribution in [3.63, 3.8) is 0 Å². The number of hydrogen-bond acceptors (Lipinski definition) is 3. The van der Waals surface area contributed by atoms with E-state index in [-0.39, 0.29) is 18.0 Å². The van der Waals surface area contributed by atoms with Crippen LogP contribution in [0.15, 0.2) is 23.7 Å². The van der Waals surface area contributed by atoms with Crippen LogP contribution in [-0.2, 0) is 0 Å². The van der Waals surface area contributed by atoms with Crippen molar-refractivity contribution in [1.29, 1.82) is 0 Å². The molecule has 1 fully saturated rings. The van der Waals surface area contributed by atoms with Crippen molar-refractivity contribution in [2.24, 2.45) is 10.7 Å². The summed E-state index contributed by atoms with van der Waals surface area (Å²) in [4.78, 5) is 22.2. The van der Waals surface area contributed by atoms with E-state index in [0.29, 0.717) is 12.2 Å². The molecule has 1 aliphatic carbocycles. The van der Waals surface area contributed by atoms with Crippen LogP contribution >= 0.6 is 0 Å². The standard InChI is InChI=1S/C17H26N4O/c1-4-9-19-15-11-16(20-12(15)3)17(22)21(5-2)14-8-6-7-13(18)10-14/h4,9,11,13-14,20H,1,5-8,10,18H2,2-3H3/b19-9-/t13-,14+/m1/s1. The van der Waals surface area contributed by atoms with E-state index in [9.17, 15) is 4.79 Å². The third-order valence-corrected chi connectivity index (χ3v) is 4.27. The van der Waals surface area contributed by atoms with Gasteiger partial charge in [-0.15, -0.1) is 0 Å². The van der Waals surface area contributed by atoms with Gasteiger partial charge in [0.1, 0.15) is 5.69 Å². The summed E-state index contributed by atoms with van der Waals surface area (Å²) in [5.41, 5.74) is 8.32. The number of rotatable bonds is 5. The molecule has 0 unspecified atom stereocenters. The fourth-order valence-electron chi connectivity index (χ4n) is 3.14. The maximum Gasteiger partial charge on any atom is 0.270 e. The number of aromatic amines is 1. The lowest BCUT2D eigenvalue weighted by Crippen LogP contribution is -2.45. The van der Waals surface area contributed by atoms with E-state index in [1.54, 1.807) is 12.3 Å². The van der Waals surface area contributed by atoms with Gasteiger partial charge in [0.25, 0.3) is 5.91 Å². The fourth-order valence-corrected chi connectivity index (χ4v) is 3.14. The Morgan fingerprint density at radius 3 is 3.00 bits per heavy atom. The third kappa shape index (κ3) is 3.65. The summed E-state index contributed by atoms with van der Waals surface area (Å²) in [6.45, 7) is 8.24. The van der Waals surface area contributed by atoms with Gasteiger partial charge in [-0.3, -0.25) is 9.79 Å². The summed E-state index contributed by atoms with van der Waals surface area (Å²) in [6, 6.07) is 2.26. The average Bonchev–Trinajstić information content (AvgIpc) is 2.87. The highest BCUT2D eigenvalue weighted by Gasteiger charge is 2.28. The van der Waals surface area contributed by atoms with Crippen molar-refractivity contribution in [3.8, 4) is 0 Å². The van der Waals surface area contributed by atoms with Crippen molar-refractivity contribution in [2.75, 3.05) is 6.54 Å². The summed E-state index contributed by atoms with van der Waals surface area (Å²) >= 11 is 0. The van der Waals surface area contributed by atoms with Gasteiger partial charge in [0.15, 0.2) is 0 Å². The van der Waals surface area contributed by atoms with Gasteiger partial charge in [-0.05, 0) is 45.6 Å². The van der Waals surface area contributed by atoms with E-state index in [1.807, 2.05) is 24.8 Å². The fraction of sp³-hybridized carbons (Fsp3) is 0.529. The van der Waals surface area contributed by atoms with E-state index >= 15 is 0 Å². The van der Waals surface area contributed by atoms with Crippen LogP contribution in [-0.4, -0.2) is 40.6 Å². The first-order chi connectivity index (χ1) is 10.6. The highest BCUT2D eigenvalue weighted by atomic mass is 16.2. The van der Waals surface area contributed by atoms with Crippen LogP contribution in [0.1, 0.15) is 48.8 Å². The molecule has 5 heteroatoms. The van der Waals surface area contributed by atoms with Crippen molar-refractivity contribution >= 4 is 17.8 Å². The molecule has 1 amide bonds. The zero-order valence-electron chi connectivity index (χ0n) is 13.5. The quantitative estimate of drug-likeness (QED) is 0.821. The molecule has 0 aromatic carbocycles. The largest absolute Gasteiger partial charge is 0.353 e. The van der Waals surface area contributed by atoms with Gasteiger partial charge in [-0.1, -0.05) is 12.7 Å². The molecular weight excluding hydrogens is 276 g/mol. The summed E-state index contributed by atoms with van der Waals surface area (Å²) in [5, 5.41) is 0. The first-order valence-electron chi connectivity index (χ1n) is 7.98. The molecule has 0 saturated heterocycles. The van der Waals surface area contributed by atoms with Gasteiger partial charge < -0.3 is 15.6 Å². The second-order valence-corrected chi connectivity index (χ2v) is 5.88. The minimum absolute atomic E-state index is 0.0322. The van der Waals surface area contributed by atoms with E-state index in [0.717, 1.165) is 37.1 Å². The lowest BCUT2D eigenvalue weighted by atomic mass is 9.90. The Bertz CT molecular complexity index is 561. The number of carbonyl (C=O) groups excluding carboxylic acids is 1. The number of nitrogens with zero attached hydrogens (tertiary/aromatic N) is 2. The zero-order chi connectivity index (χ0) is 16.1. The van der Waals surface area contributed by atoms with Crippen molar-refractivity contribution in [2.45, 2.75) is 51.6 Å². The molecule has 1 aliphatic rings. The third-order valence-electron chi connectivity index (χ3n) is 4.27. The Kier molecular flexibility index (Phi) is 5.55. The monoisotopic (exact) mass is 302 g/mol. The predicted octanol–water partition coefficient (Wildman–Crippen LogP) is 2.94. The summed E-state index contributed by atoms with van der Waals surface area (Å²) in [5.74, 6) is 0.0322. The average molecular weight is 302 g/mol. The Balaban J connectivity index is 2.17. The van der Waals surface area contributed by atoms with Crippen LogP contribution in [0.4, 0.5) is 5.69 Å². The van der Waals surface area contributed by atoms with Crippen molar-refractivity contribution in [3.05, 3.63) is 30.1 Å². The first-order valence-corrected chi connectivity index (χ1v) is 7.98. The molecule has 1 heterocycles. The van der Waals surface area contributed by atoms with Crippen LogP contribution in [0.2, 0.25) is 0 Å². The first kappa shape index (κ1) is 16.5. The number of allylic oxidation sites excluding steroid dienone is 1. The minimum Gasteiger partial charge on any atom is -0.353 e. The Morgan fingerprint density at radius 2 is 2.36 bits per heavy atom. The van der Waals surface area contributed by atoms with E-state index in [2.05, 4.69) is 16.6 Å². The summed E-state index contributed by atoms with van der Waals surface area (Å²) in [7, 11) is 0. The molecule has 120 valence electrons. The van der Waals surface area contributed by atoms with Crippen LogP contribution < -0.4 is 5.73 Å². The molecule has 0 bridgehead atoms. The molecule has 0 radical (unpaired) electrons. The molecule has 2 atom stereocenters. The molecule has 5 nitrogen and oxygen atoms in total. The maximum atomic E-state index is 12.8. The smallest absolute Gasteiger partial charge is 0.270 e. The van der Waals surface area contributed by atoms with Crippen molar-refractivity contribution in [1.82, 2.24) is 9.88 Å². The van der Waals surface area contributed by atoms with E-state index in [1.165, 1.54) is 0 Å². The SMILES string of the molecule is C=C/C=N\c1cc(C(=O)N(CC)[C@H]2CCC[C@@H](N)C2)[nH]c1C. The minimum atomic E-state index is 0.0322. The van der Waals surface area contributed by atoms with Gasteiger partial charge in [0.2, 0.25) is 0 Å². The van der Waals surface area contributed by atoms with Gasteiger partial charge >= 0.3 is 0 Å². The number of carbonyl (C=O) groups is 1. The molecule has 22 heavy (non-hydrogen) atoms. The number of H-pyrrole nitrogens is 1. The Morgan fingerprint density at radius 1 is 1.59 bits per heavy atom. The van der Waals surface area contributed by atoms with Crippen LogP contribution in [0.5, 0.6) is 0 Å². The van der Waals surface area contributed by atoms with Crippen LogP contribution in [0.3, 0.4) is 0 Å². The number of aromatic nitrogens is 1. The molecule has 3 N–H and O–H groups in total. The van der Waals surface area contributed by atoms with E-state index < -0.39 is 0 Å². The molecule has 1 aromatic heterocycles. The number of aliphatic imine (C=N–C) groups is 1. The molecule has 2 rings (SSSR count).